The zero-order valence-electron chi connectivity index (χ0n) is 15.0. The smallest absolute Gasteiger partial charge is 0.226 e. The number of aryl methyl sites for hydroxylation is 1. The highest BCUT2D eigenvalue weighted by Crippen LogP contribution is 2.22. The van der Waals surface area contributed by atoms with Crippen molar-refractivity contribution in [1.82, 2.24) is 10.6 Å². The molecule has 0 atom stereocenters. The second kappa shape index (κ2) is 14.1. The Kier molecular flexibility index (Phi) is 13.5. The van der Waals surface area contributed by atoms with Gasteiger partial charge in [0, 0.05) is 39.8 Å². The van der Waals surface area contributed by atoms with Gasteiger partial charge in [0.1, 0.15) is 0 Å². The SMILES string of the molecule is CCOCCCNC(=NC)NCCC(=O)Nc1ccc(C)cc1Cl.I. The Morgan fingerprint density at radius 3 is 2.64 bits per heavy atom. The van der Waals surface area contributed by atoms with Crippen LogP contribution in [0.5, 0.6) is 0 Å². The first-order valence-corrected chi connectivity index (χ1v) is 8.53. The van der Waals surface area contributed by atoms with Gasteiger partial charge in [0.15, 0.2) is 5.96 Å². The van der Waals surface area contributed by atoms with Crippen molar-refractivity contribution in [3.63, 3.8) is 0 Å². The standard InChI is InChI=1S/C17H27ClN4O2.HI/c1-4-24-11-5-9-20-17(19-3)21-10-8-16(23)22-15-7-6-13(2)12-14(15)18;/h6-7,12H,4-5,8-11H2,1-3H3,(H,22,23)(H2,19,20,21);1H. The number of amides is 1. The molecule has 1 aromatic rings. The fourth-order valence-electron chi connectivity index (χ4n) is 1.97. The van der Waals surface area contributed by atoms with Crippen molar-refractivity contribution in [3.05, 3.63) is 28.8 Å². The number of hydrogen-bond donors (Lipinski definition) is 3. The molecular weight excluding hydrogens is 455 g/mol. The van der Waals surface area contributed by atoms with E-state index in [1.165, 1.54) is 0 Å². The molecule has 142 valence electrons. The molecule has 8 heteroatoms. The van der Waals surface area contributed by atoms with Crippen molar-refractivity contribution < 1.29 is 9.53 Å². The minimum atomic E-state index is -0.0972. The summed E-state index contributed by atoms with van der Waals surface area (Å²) in [7, 11) is 1.70. The predicted molar refractivity (Wildman–Crippen MR) is 115 cm³/mol. The highest BCUT2D eigenvalue weighted by Gasteiger charge is 2.06. The van der Waals surface area contributed by atoms with Crippen LogP contribution in [0.25, 0.3) is 0 Å². The van der Waals surface area contributed by atoms with Crippen LogP contribution in [0.1, 0.15) is 25.3 Å². The van der Waals surface area contributed by atoms with E-state index in [2.05, 4.69) is 20.9 Å². The molecule has 0 bridgehead atoms. The monoisotopic (exact) mass is 482 g/mol. The maximum absolute atomic E-state index is 12.0. The third-order valence-electron chi connectivity index (χ3n) is 3.23. The number of benzene rings is 1. The topological polar surface area (TPSA) is 74.8 Å². The molecule has 1 rings (SSSR count). The van der Waals surface area contributed by atoms with E-state index in [1.807, 2.05) is 32.0 Å². The molecule has 1 amide bonds. The largest absolute Gasteiger partial charge is 0.382 e. The Morgan fingerprint density at radius 1 is 1.28 bits per heavy atom. The van der Waals surface area contributed by atoms with Gasteiger partial charge in [0.2, 0.25) is 5.91 Å². The molecule has 0 aliphatic heterocycles. The molecule has 0 fully saturated rings. The molecule has 0 aromatic heterocycles. The van der Waals surface area contributed by atoms with Crippen molar-refractivity contribution in [2.75, 3.05) is 38.7 Å². The van der Waals surface area contributed by atoms with Crippen LogP contribution >= 0.6 is 35.6 Å². The number of ether oxygens (including phenoxy) is 1. The lowest BCUT2D eigenvalue weighted by atomic mass is 10.2. The zero-order valence-corrected chi connectivity index (χ0v) is 18.1. The molecule has 0 spiro atoms. The summed E-state index contributed by atoms with van der Waals surface area (Å²) in [6, 6.07) is 5.54. The average Bonchev–Trinajstić information content (AvgIpc) is 2.55. The molecule has 0 saturated heterocycles. The number of aliphatic imine (C=N–C) groups is 1. The van der Waals surface area contributed by atoms with Gasteiger partial charge in [-0.3, -0.25) is 9.79 Å². The maximum Gasteiger partial charge on any atom is 0.226 e. The lowest BCUT2D eigenvalue weighted by molar-refractivity contribution is -0.116. The van der Waals surface area contributed by atoms with Gasteiger partial charge in [-0.1, -0.05) is 17.7 Å². The summed E-state index contributed by atoms with van der Waals surface area (Å²) in [5, 5.41) is 9.63. The molecule has 0 radical (unpaired) electrons. The van der Waals surface area contributed by atoms with Gasteiger partial charge in [0.25, 0.3) is 0 Å². The quantitative estimate of drug-likeness (QED) is 0.219. The molecule has 1 aromatic carbocycles. The normalized spacial score (nSPS) is 10.8. The van der Waals surface area contributed by atoms with Crippen LogP contribution in [0.4, 0.5) is 5.69 Å². The number of guanidine groups is 1. The molecule has 0 saturated carbocycles. The van der Waals surface area contributed by atoms with E-state index in [0.29, 0.717) is 29.6 Å². The van der Waals surface area contributed by atoms with Crippen molar-refractivity contribution in [2.45, 2.75) is 26.7 Å². The average molecular weight is 483 g/mol. The molecule has 3 N–H and O–H groups in total. The van der Waals surface area contributed by atoms with E-state index in [0.717, 1.165) is 31.7 Å². The number of anilines is 1. The van der Waals surface area contributed by atoms with Gasteiger partial charge in [-0.05, 0) is 38.0 Å². The Balaban J connectivity index is 0.00000576. The van der Waals surface area contributed by atoms with Crippen LogP contribution in [0, 0.1) is 6.92 Å². The van der Waals surface area contributed by atoms with Gasteiger partial charge in [-0.2, -0.15) is 0 Å². The van der Waals surface area contributed by atoms with Gasteiger partial charge in [-0.25, -0.2) is 0 Å². The molecular formula is C17H28ClIN4O2. The summed E-state index contributed by atoms with van der Waals surface area (Å²) in [5.74, 6) is 0.577. The third kappa shape index (κ3) is 10.5. The number of nitrogens with one attached hydrogen (secondary N) is 3. The Morgan fingerprint density at radius 2 is 2.00 bits per heavy atom. The molecule has 25 heavy (non-hydrogen) atoms. The van der Waals surface area contributed by atoms with E-state index >= 15 is 0 Å². The summed E-state index contributed by atoms with van der Waals surface area (Å²) in [6.07, 6.45) is 1.23. The highest BCUT2D eigenvalue weighted by atomic mass is 127. The summed E-state index contributed by atoms with van der Waals surface area (Å²) >= 11 is 6.10. The molecule has 0 aliphatic rings. The van der Waals surface area contributed by atoms with Gasteiger partial charge < -0.3 is 20.7 Å². The van der Waals surface area contributed by atoms with Gasteiger partial charge >= 0.3 is 0 Å². The van der Waals surface area contributed by atoms with E-state index in [9.17, 15) is 4.79 Å². The third-order valence-corrected chi connectivity index (χ3v) is 3.54. The lowest BCUT2D eigenvalue weighted by Crippen LogP contribution is -2.39. The maximum atomic E-state index is 12.0. The Labute approximate surface area is 172 Å². The second-order valence-electron chi connectivity index (χ2n) is 5.26. The minimum Gasteiger partial charge on any atom is -0.382 e. The zero-order chi connectivity index (χ0) is 17.8. The van der Waals surface area contributed by atoms with Gasteiger partial charge in [-0.15, -0.1) is 24.0 Å². The van der Waals surface area contributed by atoms with E-state index in [-0.39, 0.29) is 29.9 Å². The van der Waals surface area contributed by atoms with Crippen molar-refractivity contribution in [2.24, 2.45) is 4.99 Å². The first kappa shape index (κ1) is 23.9. The highest BCUT2D eigenvalue weighted by molar-refractivity contribution is 14.0. The second-order valence-corrected chi connectivity index (χ2v) is 5.66. The van der Waals surface area contributed by atoms with Gasteiger partial charge in [0.05, 0.1) is 10.7 Å². The lowest BCUT2D eigenvalue weighted by Gasteiger charge is -2.12. The summed E-state index contributed by atoms with van der Waals surface area (Å²) in [6.45, 7) is 6.63. The van der Waals surface area contributed by atoms with Crippen LogP contribution in [0.15, 0.2) is 23.2 Å². The molecule has 0 unspecified atom stereocenters. The first-order valence-electron chi connectivity index (χ1n) is 8.15. The van der Waals surface area contributed by atoms with Crippen LogP contribution in [0.3, 0.4) is 0 Å². The number of hydrogen-bond acceptors (Lipinski definition) is 3. The van der Waals surface area contributed by atoms with Crippen LogP contribution in [-0.2, 0) is 9.53 Å². The number of carbonyl (C=O) groups excluding carboxylic acids is 1. The Bertz CT molecular complexity index is 555. The number of rotatable bonds is 9. The molecule has 0 aliphatic carbocycles. The van der Waals surface area contributed by atoms with Crippen LogP contribution in [-0.4, -0.2) is 45.2 Å². The number of halogens is 2. The Hall–Kier alpha value is -1.06. The van der Waals surface area contributed by atoms with E-state index in [4.69, 9.17) is 16.3 Å². The van der Waals surface area contributed by atoms with Crippen molar-refractivity contribution in [3.8, 4) is 0 Å². The summed E-state index contributed by atoms with van der Waals surface area (Å²) in [5.41, 5.74) is 1.68. The number of nitrogens with zero attached hydrogens (tertiary/aromatic N) is 1. The predicted octanol–water partition coefficient (Wildman–Crippen LogP) is 3.19. The van der Waals surface area contributed by atoms with Crippen molar-refractivity contribution >= 4 is 53.1 Å². The molecule has 0 heterocycles. The minimum absolute atomic E-state index is 0. The first-order chi connectivity index (χ1) is 11.6. The van der Waals surface area contributed by atoms with E-state index in [1.54, 1.807) is 7.05 Å². The summed E-state index contributed by atoms with van der Waals surface area (Å²) < 4.78 is 5.27. The fourth-order valence-corrected chi connectivity index (χ4v) is 2.26. The van der Waals surface area contributed by atoms with Crippen LogP contribution in [0.2, 0.25) is 5.02 Å². The summed E-state index contributed by atoms with van der Waals surface area (Å²) in [4.78, 5) is 16.1. The van der Waals surface area contributed by atoms with Crippen LogP contribution < -0.4 is 16.0 Å². The van der Waals surface area contributed by atoms with Crippen molar-refractivity contribution in [1.29, 1.82) is 0 Å². The molecule has 6 nitrogen and oxygen atoms in total. The fraction of sp³-hybridized carbons (Fsp3) is 0.529. The number of carbonyl (C=O) groups is 1. The van der Waals surface area contributed by atoms with E-state index < -0.39 is 0 Å².